The molecule has 0 aliphatic heterocycles. The van der Waals surface area contributed by atoms with Crippen LogP contribution in [0.5, 0.6) is 5.75 Å². The lowest BCUT2D eigenvalue weighted by molar-refractivity contribution is 0.337. The summed E-state index contributed by atoms with van der Waals surface area (Å²) in [6, 6.07) is 10.5. The van der Waals surface area contributed by atoms with Crippen molar-refractivity contribution in [1.29, 1.82) is 0 Å². The smallest absolute Gasteiger partial charge is 0.142 e. The molecule has 0 aromatic heterocycles. The van der Waals surface area contributed by atoms with Crippen LogP contribution in [0.1, 0.15) is 18.1 Å². The summed E-state index contributed by atoms with van der Waals surface area (Å²) in [5.74, 6) is 0.733. The Morgan fingerprint density at radius 3 is 2.71 bits per heavy atom. The Bertz CT molecular complexity index is 619. The van der Waals surface area contributed by atoms with Crippen molar-refractivity contribution < 1.29 is 9.13 Å². The molecule has 5 heteroatoms. The lowest BCUT2D eigenvalue weighted by Gasteiger charge is -2.12. The van der Waals surface area contributed by atoms with E-state index >= 15 is 0 Å². The third-order valence-electron chi connectivity index (χ3n) is 3.02. The van der Waals surface area contributed by atoms with Crippen LogP contribution in [0, 0.1) is 5.82 Å². The first kappa shape index (κ1) is 15.9. The van der Waals surface area contributed by atoms with E-state index in [1.54, 1.807) is 12.1 Å². The molecule has 112 valence electrons. The number of benzene rings is 2. The fourth-order valence-electron chi connectivity index (χ4n) is 1.97. The molecule has 0 atom stereocenters. The van der Waals surface area contributed by atoms with Gasteiger partial charge in [-0.3, -0.25) is 0 Å². The summed E-state index contributed by atoms with van der Waals surface area (Å²) in [6.45, 7) is 2.96. The zero-order valence-electron chi connectivity index (χ0n) is 11.6. The number of ether oxygens (including phenoxy) is 1. The highest BCUT2D eigenvalue weighted by atomic mass is 35.5. The van der Waals surface area contributed by atoms with E-state index < -0.39 is 5.82 Å². The van der Waals surface area contributed by atoms with E-state index in [0.717, 1.165) is 17.0 Å². The van der Waals surface area contributed by atoms with Gasteiger partial charge in [-0.1, -0.05) is 23.7 Å². The van der Waals surface area contributed by atoms with Gasteiger partial charge in [0.05, 0.1) is 17.5 Å². The third kappa shape index (κ3) is 4.02. The molecule has 0 amide bonds. The van der Waals surface area contributed by atoms with Crippen molar-refractivity contribution in [3.63, 3.8) is 0 Å². The predicted octanol–water partition coefficient (Wildman–Crippen LogP) is 5.23. The molecule has 2 rings (SSSR count). The molecule has 0 unspecified atom stereocenters. The minimum Gasteiger partial charge on any atom is -0.494 e. The van der Waals surface area contributed by atoms with Gasteiger partial charge in [0.1, 0.15) is 11.6 Å². The van der Waals surface area contributed by atoms with Crippen molar-refractivity contribution in [1.82, 2.24) is 0 Å². The zero-order chi connectivity index (χ0) is 15.2. The molecular formula is C16H16Cl2FNO. The number of rotatable bonds is 6. The molecule has 2 aromatic rings. The highest BCUT2D eigenvalue weighted by Crippen LogP contribution is 2.26. The molecule has 2 nitrogen and oxygen atoms in total. The Morgan fingerprint density at radius 1 is 1.19 bits per heavy atom. The Morgan fingerprint density at radius 2 is 2.00 bits per heavy atom. The average Bonchev–Trinajstić information content (AvgIpc) is 2.50. The van der Waals surface area contributed by atoms with Crippen molar-refractivity contribution >= 4 is 28.9 Å². The van der Waals surface area contributed by atoms with Crippen molar-refractivity contribution in [2.75, 3.05) is 11.9 Å². The van der Waals surface area contributed by atoms with Crippen LogP contribution in [0.2, 0.25) is 5.02 Å². The summed E-state index contributed by atoms with van der Waals surface area (Å²) in [6.07, 6.45) is 0. The van der Waals surface area contributed by atoms with Gasteiger partial charge in [0.25, 0.3) is 0 Å². The summed E-state index contributed by atoms with van der Waals surface area (Å²) in [7, 11) is 0. The summed E-state index contributed by atoms with van der Waals surface area (Å²) < 4.78 is 18.9. The summed E-state index contributed by atoms with van der Waals surface area (Å²) in [4.78, 5) is 0. The molecule has 1 N–H and O–H groups in total. The van der Waals surface area contributed by atoms with Crippen molar-refractivity contribution in [2.24, 2.45) is 0 Å². The van der Waals surface area contributed by atoms with Gasteiger partial charge in [0, 0.05) is 17.8 Å². The maximum atomic E-state index is 13.4. The number of halogens is 3. The van der Waals surface area contributed by atoms with E-state index in [0.29, 0.717) is 24.6 Å². The topological polar surface area (TPSA) is 21.3 Å². The van der Waals surface area contributed by atoms with Crippen LogP contribution >= 0.6 is 23.2 Å². The van der Waals surface area contributed by atoms with Crippen LogP contribution in [0.25, 0.3) is 0 Å². The van der Waals surface area contributed by atoms with Crippen molar-refractivity contribution in [3.8, 4) is 5.75 Å². The van der Waals surface area contributed by atoms with E-state index in [-0.39, 0.29) is 5.02 Å². The minimum atomic E-state index is -0.413. The van der Waals surface area contributed by atoms with Gasteiger partial charge in [-0.2, -0.15) is 0 Å². The second-order valence-electron chi connectivity index (χ2n) is 4.46. The maximum absolute atomic E-state index is 13.4. The zero-order valence-corrected chi connectivity index (χ0v) is 13.1. The van der Waals surface area contributed by atoms with Gasteiger partial charge in [0.15, 0.2) is 0 Å². The van der Waals surface area contributed by atoms with E-state index in [2.05, 4.69) is 5.32 Å². The Labute approximate surface area is 133 Å². The predicted molar refractivity (Wildman–Crippen MR) is 85.9 cm³/mol. The van der Waals surface area contributed by atoms with Crippen molar-refractivity contribution in [3.05, 3.63) is 58.4 Å². The molecule has 0 fully saturated rings. The Hall–Kier alpha value is -1.45. The fraction of sp³-hybridized carbons (Fsp3) is 0.250. The number of anilines is 1. The summed E-state index contributed by atoms with van der Waals surface area (Å²) in [5, 5.41) is 3.35. The maximum Gasteiger partial charge on any atom is 0.142 e. The Balaban J connectivity index is 2.11. The van der Waals surface area contributed by atoms with E-state index in [1.807, 2.05) is 25.1 Å². The molecule has 0 heterocycles. The van der Waals surface area contributed by atoms with Crippen LogP contribution in [0.4, 0.5) is 10.1 Å². The van der Waals surface area contributed by atoms with E-state index in [4.69, 9.17) is 27.9 Å². The molecule has 0 saturated heterocycles. The molecule has 0 spiro atoms. The van der Waals surface area contributed by atoms with Gasteiger partial charge in [-0.05, 0) is 36.8 Å². The average molecular weight is 328 g/mol. The van der Waals surface area contributed by atoms with Gasteiger partial charge >= 0.3 is 0 Å². The van der Waals surface area contributed by atoms with Crippen LogP contribution in [0.15, 0.2) is 36.4 Å². The molecule has 21 heavy (non-hydrogen) atoms. The highest BCUT2D eigenvalue weighted by Gasteiger charge is 2.07. The Kier molecular flexibility index (Phi) is 5.71. The van der Waals surface area contributed by atoms with Gasteiger partial charge in [-0.25, -0.2) is 4.39 Å². The lowest BCUT2D eigenvalue weighted by Crippen LogP contribution is -2.02. The molecular weight excluding hydrogens is 312 g/mol. The minimum absolute atomic E-state index is 0.147. The summed E-state index contributed by atoms with van der Waals surface area (Å²) in [5.41, 5.74) is 2.50. The highest BCUT2D eigenvalue weighted by molar-refractivity contribution is 6.31. The SMILES string of the molecule is CCOc1ccc(NCc2cccc(F)c2Cl)cc1CCl. The molecule has 2 aromatic carbocycles. The van der Waals surface area contributed by atoms with Crippen LogP contribution in [-0.2, 0) is 12.4 Å². The van der Waals surface area contributed by atoms with Crippen LogP contribution in [-0.4, -0.2) is 6.61 Å². The second kappa shape index (κ2) is 7.53. The van der Waals surface area contributed by atoms with Gasteiger partial charge in [-0.15, -0.1) is 11.6 Å². The second-order valence-corrected chi connectivity index (χ2v) is 5.10. The molecule has 0 aliphatic rings. The fourth-order valence-corrected chi connectivity index (χ4v) is 2.37. The molecule has 0 aliphatic carbocycles. The third-order valence-corrected chi connectivity index (χ3v) is 3.73. The monoisotopic (exact) mass is 327 g/mol. The largest absolute Gasteiger partial charge is 0.494 e. The first-order chi connectivity index (χ1) is 10.2. The van der Waals surface area contributed by atoms with Gasteiger partial charge in [0.2, 0.25) is 0 Å². The molecule has 0 bridgehead atoms. The lowest BCUT2D eigenvalue weighted by atomic mass is 10.1. The quantitative estimate of drug-likeness (QED) is 0.733. The first-order valence-electron chi connectivity index (χ1n) is 6.64. The summed E-state index contributed by atoms with van der Waals surface area (Å²) >= 11 is 11.9. The standard InChI is InChI=1S/C16H16Cl2FNO/c1-2-21-15-7-6-13(8-12(15)9-17)20-10-11-4-3-5-14(19)16(11)18/h3-8,20H,2,9-10H2,1H3. The van der Waals surface area contributed by atoms with Crippen LogP contribution < -0.4 is 10.1 Å². The molecule has 0 saturated carbocycles. The number of hydrogen-bond acceptors (Lipinski definition) is 2. The number of hydrogen-bond donors (Lipinski definition) is 1. The van der Waals surface area contributed by atoms with E-state index in [9.17, 15) is 4.39 Å². The first-order valence-corrected chi connectivity index (χ1v) is 7.55. The van der Waals surface area contributed by atoms with E-state index in [1.165, 1.54) is 6.07 Å². The number of nitrogens with one attached hydrogen (secondary N) is 1. The number of alkyl halides is 1. The van der Waals surface area contributed by atoms with Gasteiger partial charge < -0.3 is 10.1 Å². The van der Waals surface area contributed by atoms with Crippen LogP contribution in [0.3, 0.4) is 0 Å². The normalized spacial score (nSPS) is 10.5. The molecule has 0 radical (unpaired) electrons. The van der Waals surface area contributed by atoms with Crippen molar-refractivity contribution in [2.45, 2.75) is 19.3 Å².